The maximum atomic E-state index is 12.8. The Morgan fingerprint density at radius 1 is 1.17 bits per heavy atom. The van der Waals surface area contributed by atoms with Gasteiger partial charge in [-0.05, 0) is 18.2 Å². The van der Waals surface area contributed by atoms with E-state index < -0.39 is 40.7 Å². The minimum atomic E-state index is -4.74. The van der Waals surface area contributed by atoms with Crippen LogP contribution in [0.3, 0.4) is 0 Å². The number of benzene rings is 1. The average molecular weight is 442 g/mol. The second-order valence-corrected chi connectivity index (χ2v) is 6.76. The topological polar surface area (TPSA) is 98.0 Å². The number of amides is 2. The molecule has 0 radical (unpaired) electrons. The number of aryl methyl sites for hydroxylation is 1. The lowest BCUT2D eigenvalue weighted by Crippen LogP contribution is -2.45. The monoisotopic (exact) mass is 441 g/mol. The molecule has 0 aliphatic carbocycles. The van der Waals surface area contributed by atoms with Gasteiger partial charge >= 0.3 is 6.18 Å². The fourth-order valence-corrected chi connectivity index (χ4v) is 2.97. The summed E-state index contributed by atoms with van der Waals surface area (Å²) in [6.07, 6.45) is -4.41. The van der Waals surface area contributed by atoms with Crippen molar-refractivity contribution in [3.8, 4) is 0 Å². The van der Waals surface area contributed by atoms with E-state index in [2.05, 4.69) is 10.4 Å². The van der Waals surface area contributed by atoms with Crippen molar-refractivity contribution >= 4 is 34.4 Å². The van der Waals surface area contributed by atoms with Gasteiger partial charge in [0, 0.05) is 13.2 Å². The van der Waals surface area contributed by atoms with Gasteiger partial charge in [0.1, 0.15) is 17.4 Å². The van der Waals surface area contributed by atoms with Crippen LogP contribution in [-0.4, -0.2) is 25.9 Å². The molecule has 0 aliphatic heterocycles. The number of hydrazine groups is 1. The summed E-state index contributed by atoms with van der Waals surface area (Å²) in [7, 11) is 1.74. The van der Waals surface area contributed by atoms with Crippen LogP contribution < -0.4 is 16.4 Å². The summed E-state index contributed by atoms with van der Waals surface area (Å²) >= 11 is 5.53. The van der Waals surface area contributed by atoms with Crippen LogP contribution in [-0.2, 0) is 35.8 Å². The van der Waals surface area contributed by atoms with E-state index in [9.17, 15) is 27.6 Å². The number of nitrogens with one attached hydrogen (secondary N) is 2. The number of para-hydroxylation sites is 2. The molecule has 8 nitrogen and oxygen atoms in total. The second-order valence-electron chi connectivity index (χ2n) is 6.36. The summed E-state index contributed by atoms with van der Waals surface area (Å²) in [6, 6.07) is 7.74. The molecule has 3 rings (SSSR count). The number of imidazole rings is 1. The van der Waals surface area contributed by atoms with E-state index in [1.807, 2.05) is 17.6 Å². The molecular weight excluding hydrogens is 427 g/mol. The van der Waals surface area contributed by atoms with E-state index >= 15 is 0 Å². The van der Waals surface area contributed by atoms with Gasteiger partial charge in [0.05, 0.1) is 23.0 Å². The van der Waals surface area contributed by atoms with Crippen LogP contribution in [0.4, 0.5) is 13.2 Å². The number of carbonyl (C=O) groups excluding carboxylic acids is 2. The number of pyridine rings is 1. The van der Waals surface area contributed by atoms with E-state index in [0.29, 0.717) is 28.2 Å². The number of hydrogen-bond donors (Lipinski definition) is 2. The van der Waals surface area contributed by atoms with Gasteiger partial charge in [-0.25, -0.2) is 4.98 Å². The van der Waals surface area contributed by atoms with E-state index in [1.54, 1.807) is 23.7 Å². The number of carbonyl (C=O) groups is 2. The Kier molecular flexibility index (Phi) is 5.83. The minimum absolute atomic E-state index is 0.152. The van der Waals surface area contributed by atoms with Gasteiger partial charge in [0.2, 0.25) is 5.91 Å². The Morgan fingerprint density at radius 2 is 1.83 bits per heavy atom. The molecule has 0 fully saturated rings. The molecule has 158 valence electrons. The van der Waals surface area contributed by atoms with Gasteiger partial charge in [0.25, 0.3) is 11.5 Å². The summed E-state index contributed by atoms with van der Waals surface area (Å²) in [4.78, 5) is 40.3. The summed E-state index contributed by atoms with van der Waals surface area (Å²) in [5.41, 5.74) is 3.57. The van der Waals surface area contributed by atoms with Gasteiger partial charge in [-0.3, -0.25) is 25.2 Å². The molecule has 3 aromatic rings. The Balaban J connectivity index is 1.63. The molecular formula is C18H15ClF3N5O3. The summed E-state index contributed by atoms with van der Waals surface area (Å²) < 4.78 is 40.8. The zero-order valence-electron chi connectivity index (χ0n) is 15.5. The standard InChI is InChI=1S/C18H15ClF3N5O3/c1-26-13-5-3-2-4-12(13)23-14(26)7-15(28)24-25-16(29)9-27-8-10(18(20,21)22)6-11(19)17(27)30/h2-6,8H,7,9H2,1H3,(H,24,28)(H,25,29). The third-order valence-electron chi connectivity index (χ3n) is 4.22. The molecule has 2 aromatic heterocycles. The fourth-order valence-electron chi connectivity index (χ4n) is 2.75. The highest BCUT2D eigenvalue weighted by atomic mass is 35.5. The first kappa shape index (κ1) is 21.4. The van der Waals surface area contributed by atoms with Crippen molar-refractivity contribution in [2.24, 2.45) is 7.05 Å². The van der Waals surface area contributed by atoms with Crippen molar-refractivity contribution in [1.29, 1.82) is 0 Å². The number of alkyl halides is 3. The highest BCUT2D eigenvalue weighted by Crippen LogP contribution is 2.29. The molecule has 0 saturated carbocycles. The molecule has 0 atom stereocenters. The molecule has 2 amide bonds. The lowest BCUT2D eigenvalue weighted by atomic mass is 10.2. The Hall–Kier alpha value is -3.34. The molecule has 0 spiro atoms. The molecule has 2 N–H and O–H groups in total. The number of rotatable bonds is 4. The first-order chi connectivity index (χ1) is 14.1. The van der Waals surface area contributed by atoms with Crippen LogP contribution in [0.1, 0.15) is 11.4 Å². The van der Waals surface area contributed by atoms with E-state index in [4.69, 9.17) is 11.6 Å². The molecule has 1 aromatic carbocycles. The van der Waals surface area contributed by atoms with Crippen LogP contribution in [0.5, 0.6) is 0 Å². The second kappa shape index (κ2) is 8.19. The van der Waals surface area contributed by atoms with Crippen LogP contribution in [0.2, 0.25) is 5.02 Å². The van der Waals surface area contributed by atoms with E-state index in [-0.39, 0.29) is 6.42 Å². The van der Waals surface area contributed by atoms with Crippen molar-refractivity contribution in [2.45, 2.75) is 19.1 Å². The number of halogens is 4. The van der Waals surface area contributed by atoms with Crippen molar-refractivity contribution in [3.63, 3.8) is 0 Å². The molecule has 12 heteroatoms. The lowest BCUT2D eigenvalue weighted by molar-refractivity contribution is -0.138. The fraction of sp³-hybridized carbons (Fsp3) is 0.222. The van der Waals surface area contributed by atoms with Gasteiger partial charge in [0.15, 0.2) is 0 Å². The largest absolute Gasteiger partial charge is 0.417 e. The van der Waals surface area contributed by atoms with Crippen LogP contribution >= 0.6 is 11.6 Å². The molecule has 30 heavy (non-hydrogen) atoms. The Bertz CT molecular complexity index is 1190. The van der Waals surface area contributed by atoms with Crippen molar-refractivity contribution in [3.05, 3.63) is 63.3 Å². The van der Waals surface area contributed by atoms with Crippen LogP contribution in [0, 0.1) is 0 Å². The average Bonchev–Trinajstić information content (AvgIpc) is 2.98. The Morgan fingerprint density at radius 3 is 2.50 bits per heavy atom. The zero-order valence-corrected chi connectivity index (χ0v) is 16.2. The molecule has 2 heterocycles. The first-order valence-electron chi connectivity index (χ1n) is 8.51. The van der Waals surface area contributed by atoms with E-state index in [0.717, 1.165) is 5.52 Å². The molecule has 0 bridgehead atoms. The normalized spacial score (nSPS) is 11.5. The highest BCUT2D eigenvalue weighted by Gasteiger charge is 2.32. The van der Waals surface area contributed by atoms with Gasteiger partial charge in [-0.1, -0.05) is 23.7 Å². The predicted octanol–water partition coefficient (Wildman–Crippen LogP) is 1.80. The number of aromatic nitrogens is 3. The first-order valence-corrected chi connectivity index (χ1v) is 8.89. The van der Waals surface area contributed by atoms with Crippen LogP contribution in [0.15, 0.2) is 41.3 Å². The van der Waals surface area contributed by atoms with Gasteiger partial charge in [-0.2, -0.15) is 13.2 Å². The van der Waals surface area contributed by atoms with Gasteiger partial charge in [-0.15, -0.1) is 0 Å². The predicted molar refractivity (Wildman–Crippen MR) is 101 cm³/mol. The summed E-state index contributed by atoms with van der Waals surface area (Å²) in [5.74, 6) is -1.06. The van der Waals surface area contributed by atoms with Crippen molar-refractivity contribution in [1.82, 2.24) is 25.0 Å². The van der Waals surface area contributed by atoms with Crippen molar-refractivity contribution in [2.75, 3.05) is 0 Å². The lowest BCUT2D eigenvalue weighted by Gasteiger charge is -2.12. The van der Waals surface area contributed by atoms with Crippen LogP contribution in [0.25, 0.3) is 11.0 Å². The summed E-state index contributed by atoms with van der Waals surface area (Å²) in [6.45, 7) is -0.769. The van der Waals surface area contributed by atoms with E-state index in [1.165, 1.54) is 0 Å². The van der Waals surface area contributed by atoms with Gasteiger partial charge < -0.3 is 9.13 Å². The Labute approximate surface area is 172 Å². The SMILES string of the molecule is Cn1c(CC(=O)NNC(=O)Cn2cc(C(F)(F)F)cc(Cl)c2=O)nc2ccccc21. The quantitative estimate of drug-likeness (QED) is 0.603. The molecule has 0 unspecified atom stereocenters. The number of fused-ring (bicyclic) bond motifs is 1. The smallest absolute Gasteiger partial charge is 0.331 e. The maximum absolute atomic E-state index is 12.8. The maximum Gasteiger partial charge on any atom is 0.417 e. The van der Waals surface area contributed by atoms with Crippen molar-refractivity contribution < 1.29 is 22.8 Å². The minimum Gasteiger partial charge on any atom is -0.331 e. The number of nitrogens with zero attached hydrogens (tertiary/aromatic N) is 3. The third kappa shape index (κ3) is 4.62. The molecule has 0 aliphatic rings. The molecule has 0 saturated heterocycles. The summed E-state index contributed by atoms with van der Waals surface area (Å²) in [5, 5.41) is -0.677. The third-order valence-corrected chi connectivity index (χ3v) is 4.49. The highest BCUT2D eigenvalue weighted by molar-refractivity contribution is 6.30. The zero-order chi connectivity index (χ0) is 22.1. The number of hydrogen-bond acceptors (Lipinski definition) is 4.